The molecule has 0 fully saturated rings. The zero-order chi connectivity index (χ0) is 25.6. The first-order valence-corrected chi connectivity index (χ1v) is 12.5. The van der Waals surface area contributed by atoms with Crippen molar-refractivity contribution in [2.75, 3.05) is 29.9 Å². The minimum absolute atomic E-state index is 0.0297. The first kappa shape index (κ1) is 26.3. The summed E-state index contributed by atoms with van der Waals surface area (Å²) in [6.07, 6.45) is 0. The maximum atomic E-state index is 13.4. The lowest BCUT2D eigenvalue weighted by Crippen LogP contribution is -2.38. The molecule has 8 nitrogen and oxygen atoms in total. The van der Waals surface area contributed by atoms with Gasteiger partial charge in [-0.1, -0.05) is 23.2 Å². The fraction of sp³-hybridized carbons (Fsp3) is 0.167. The molecule has 0 saturated carbocycles. The van der Waals surface area contributed by atoms with Crippen LogP contribution >= 0.6 is 23.2 Å². The number of benzene rings is 3. The molecule has 0 atom stereocenters. The molecule has 0 spiro atoms. The van der Waals surface area contributed by atoms with Gasteiger partial charge in [-0.15, -0.1) is 0 Å². The molecule has 0 radical (unpaired) electrons. The van der Waals surface area contributed by atoms with E-state index in [0.717, 1.165) is 4.31 Å². The van der Waals surface area contributed by atoms with Crippen LogP contribution in [0, 0.1) is 0 Å². The molecular formula is C24H22Cl2N2O6S. The molecule has 1 amide bonds. The summed E-state index contributed by atoms with van der Waals surface area (Å²) in [4.78, 5) is 24.8. The average molecular weight is 537 g/mol. The summed E-state index contributed by atoms with van der Waals surface area (Å²) in [5.41, 5.74) is 0.673. The number of nitrogens with one attached hydrogen (secondary N) is 1. The number of ether oxygens (including phenoxy) is 2. The number of sulfonamides is 1. The number of hydrogen-bond acceptors (Lipinski definition) is 6. The Hall–Kier alpha value is -3.27. The van der Waals surface area contributed by atoms with Crippen molar-refractivity contribution in [3.63, 3.8) is 0 Å². The maximum absolute atomic E-state index is 13.4. The first-order chi connectivity index (χ1) is 16.6. The molecule has 0 bridgehead atoms. The fourth-order valence-corrected chi connectivity index (χ4v) is 4.85. The van der Waals surface area contributed by atoms with E-state index >= 15 is 0 Å². The zero-order valence-electron chi connectivity index (χ0n) is 18.8. The van der Waals surface area contributed by atoms with E-state index in [1.54, 1.807) is 6.92 Å². The number of nitrogens with zero attached hydrogens (tertiary/aromatic N) is 1. The van der Waals surface area contributed by atoms with Gasteiger partial charge in [0.05, 0.1) is 40.6 Å². The highest BCUT2D eigenvalue weighted by atomic mass is 35.5. The van der Waals surface area contributed by atoms with Crippen LogP contribution < -0.4 is 14.4 Å². The molecule has 35 heavy (non-hydrogen) atoms. The predicted molar refractivity (Wildman–Crippen MR) is 135 cm³/mol. The molecule has 0 heterocycles. The SMILES string of the molecule is CCOC(=O)c1ccc(NC(=O)CN(c2ccc(Cl)cc2)S(=O)(=O)c2ccc(OC)cc2)c(Cl)c1. The Morgan fingerprint density at radius 3 is 2.20 bits per heavy atom. The highest BCUT2D eigenvalue weighted by molar-refractivity contribution is 7.92. The zero-order valence-corrected chi connectivity index (χ0v) is 21.2. The largest absolute Gasteiger partial charge is 0.497 e. The van der Waals surface area contributed by atoms with Crippen LogP contribution in [0.4, 0.5) is 11.4 Å². The predicted octanol–water partition coefficient (Wildman–Crippen LogP) is 5.01. The minimum atomic E-state index is -4.13. The van der Waals surface area contributed by atoms with E-state index in [0.29, 0.717) is 10.8 Å². The van der Waals surface area contributed by atoms with Gasteiger partial charge in [0, 0.05) is 5.02 Å². The number of anilines is 2. The van der Waals surface area contributed by atoms with Gasteiger partial charge in [0.1, 0.15) is 12.3 Å². The Bertz CT molecular complexity index is 1310. The topological polar surface area (TPSA) is 102 Å². The van der Waals surface area contributed by atoms with Crippen LogP contribution in [-0.2, 0) is 19.6 Å². The maximum Gasteiger partial charge on any atom is 0.338 e. The van der Waals surface area contributed by atoms with Crippen molar-refractivity contribution in [3.8, 4) is 5.75 Å². The number of hydrogen-bond donors (Lipinski definition) is 1. The molecule has 0 saturated heterocycles. The molecule has 1 N–H and O–H groups in total. The van der Waals surface area contributed by atoms with E-state index < -0.39 is 28.4 Å². The van der Waals surface area contributed by atoms with Gasteiger partial charge in [-0.25, -0.2) is 13.2 Å². The standard InChI is InChI=1S/C24H22Cl2N2O6S/c1-3-34-24(30)16-4-13-22(21(26)14-16)27-23(29)15-28(18-7-5-17(25)6-8-18)35(31,32)20-11-9-19(33-2)10-12-20/h4-14H,3,15H2,1-2H3,(H,27,29). The Labute approximate surface area is 213 Å². The number of amides is 1. The second kappa shape index (κ2) is 11.4. The van der Waals surface area contributed by atoms with E-state index in [2.05, 4.69) is 5.32 Å². The van der Waals surface area contributed by atoms with Gasteiger partial charge in [-0.2, -0.15) is 0 Å². The van der Waals surface area contributed by atoms with Crippen molar-refractivity contribution in [2.45, 2.75) is 11.8 Å². The lowest BCUT2D eigenvalue weighted by Gasteiger charge is -2.24. The third-order valence-electron chi connectivity index (χ3n) is 4.80. The number of esters is 1. The summed E-state index contributed by atoms with van der Waals surface area (Å²) >= 11 is 12.2. The number of carbonyl (C=O) groups is 2. The molecule has 184 valence electrons. The quantitative estimate of drug-likeness (QED) is 0.385. The third kappa shape index (κ3) is 6.45. The molecular weight excluding hydrogens is 515 g/mol. The van der Waals surface area contributed by atoms with E-state index in [4.69, 9.17) is 32.7 Å². The molecule has 0 aromatic heterocycles. The number of methoxy groups -OCH3 is 1. The normalized spacial score (nSPS) is 11.0. The van der Waals surface area contributed by atoms with Gasteiger partial charge in [0.15, 0.2) is 0 Å². The summed E-state index contributed by atoms with van der Waals surface area (Å²) in [6.45, 7) is 1.34. The Morgan fingerprint density at radius 1 is 0.971 bits per heavy atom. The molecule has 0 aliphatic heterocycles. The van der Waals surface area contributed by atoms with Crippen LogP contribution in [0.2, 0.25) is 10.0 Å². The fourth-order valence-electron chi connectivity index (χ4n) is 3.08. The van der Waals surface area contributed by atoms with Gasteiger partial charge in [-0.05, 0) is 73.7 Å². The molecule has 0 aliphatic carbocycles. The van der Waals surface area contributed by atoms with Crippen LogP contribution in [0.3, 0.4) is 0 Å². The van der Waals surface area contributed by atoms with E-state index in [1.807, 2.05) is 0 Å². The summed E-state index contributed by atoms with van der Waals surface area (Å²) in [7, 11) is -2.66. The van der Waals surface area contributed by atoms with Crippen molar-refractivity contribution in [3.05, 3.63) is 82.3 Å². The number of rotatable bonds is 9. The van der Waals surface area contributed by atoms with Crippen molar-refractivity contribution in [2.24, 2.45) is 0 Å². The molecule has 0 aliphatic rings. The lowest BCUT2D eigenvalue weighted by molar-refractivity contribution is -0.114. The average Bonchev–Trinajstić information content (AvgIpc) is 2.84. The van der Waals surface area contributed by atoms with Crippen molar-refractivity contribution in [1.29, 1.82) is 0 Å². The molecule has 3 aromatic rings. The lowest BCUT2D eigenvalue weighted by atomic mass is 10.2. The summed E-state index contributed by atoms with van der Waals surface area (Å²) in [6, 6.07) is 16.1. The highest BCUT2D eigenvalue weighted by Crippen LogP contribution is 2.28. The van der Waals surface area contributed by atoms with Gasteiger partial charge in [-0.3, -0.25) is 9.10 Å². The Kier molecular flexibility index (Phi) is 8.61. The molecule has 3 aromatic carbocycles. The Balaban J connectivity index is 1.88. The third-order valence-corrected chi connectivity index (χ3v) is 7.16. The molecule has 3 rings (SSSR count). The van der Waals surface area contributed by atoms with Crippen LogP contribution in [-0.4, -0.2) is 40.6 Å². The van der Waals surface area contributed by atoms with Crippen LogP contribution in [0.5, 0.6) is 5.75 Å². The molecule has 0 unspecified atom stereocenters. The smallest absolute Gasteiger partial charge is 0.338 e. The van der Waals surface area contributed by atoms with Gasteiger partial charge in [0.2, 0.25) is 5.91 Å². The monoisotopic (exact) mass is 536 g/mol. The second-order valence-corrected chi connectivity index (χ2v) is 9.83. The first-order valence-electron chi connectivity index (χ1n) is 10.3. The van der Waals surface area contributed by atoms with Crippen molar-refractivity contribution >= 4 is 56.5 Å². The van der Waals surface area contributed by atoms with Gasteiger partial charge >= 0.3 is 5.97 Å². The second-order valence-electron chi connectivity index (χ2n) is 7.13. The summed E-state index contributed by atoms with van der Waals surface area (Å²) in [5.74, 6) is -0.713. The number of carbonyl (C=O) groups excluding carboxylic acids is 2. The minimum Gasteiger partial charge on any atom is -0.497 e. The van der Waals surface area contributed by atoms with Gasteiger partial charge < -0.3 is 14.8 Å². The summed E-state index contributed by atoms with van der Waals surface area (Å²) in [5, 5.41) is 3.09. The summed E-state index contributed by atoms with van der Waals surface area (Å²) < 4.78 is 37.9. The Morgan fingerprint density at radius 2 is 1.63 bits per heavy atom. The molecule has 11 heteroatoms. The van der Waals surface area contributed by atoms with Crippen LogP contribution in [0.15, 0.2) is 71.6 Å². The van der Waals surface area contributed by atoms with E-state index in [1.165, 1.54) is 73.8 Å². The van der Waals surface area contributed by atoms with Crippen LogP contribution in [0.25, 0.3) is 0 Å². The highest BCUT2D eigenvalue weighted by Gasteiger charge is 2.27. The van der Waals surface area contributed by atoms with Crippen molar-refractivity contribution < 1.29 is 27.5 Å². The van der Waals surface area contributed by atoms with E-state index in [-0.39, 0.29) is 33.5 Å². The number of halogens is 2. The van der Waals surface area contributed by atoms with E-state index in [9.17, 15) is 18.0 Å². The van der Waals surface area contributed by atoms with Crippen LogP contribution in [0.1, 0.15) is 17.3 Å². The van der Waals surface area contributed by atoms with Gasteiger partial charge in [0.25, 0.3) is 10.0 Å². The van der Waals surface area contributed by atoms with Crippen molar-refractivity contribution in [1.82, 2.24) is 0 Å².